The van der Waals surface area contributed by atoms with E-state index in [0.717, 1.165) is 0 Å². The third-order valence-electron chi connectivity index (χ3n) is 4.52. The number of aromatic nitrogens is 3. The first-order valence-electron chi connectivity index (χ1n) is 8.92. The van der Waals surface area contributed by atoms with Crippen LogP contribution >= 0.6 is 0 Å². The van der Waals surface area contributed by atoms with Crippen LogP contribution in [0.1, 0.15) is 26.5 Å². The molecule has 3 rings (SSSR count). The number of hydrogen-bond donors (Lipinski definition) is 3. The van der Waals surface area contributed by atoms with Gasteiger partial charge in [-0.15, -0.1) is 0 Å². The van der Waals surface area contributed by atoms with Crippen molar-refractivity contribution in [2.45, 2.75) is 50.3 Å². The number of aliphatic hydroxyl groups excluding tert-OH is 2. The minimum atomic E-state index is -1.94. The summed E-state index contributed by atoms with van der Waals surface area (Å²) in [5.41, 5.74) is 3.93. The highest BCUT2D eigenvalue weighted by atomic mass is 16.6. The van der Waals surface area contributed by atoms with Crippen molar-refractivity contribution in [2.75, 3.05) is 18.9 Å². The molecule has 2 aromatic heterocycles. The van der Waals surface area contributed by atoms with Gasteiger partial charge >= 0.3 is 5.97 Å². The summed E-state index contributed by atoms with van der Waals surface area (Å²) < 4.78 is 17.4. The van der Waals surface area contributed by atoms with Gasteiger partial charge in [0.1, 0.15) is 49.4 Å². The first kappa shape index (κ1) is 20.9. The Bertz CT molecular complexity index is 948. The molecule has 0 bridgehead atoms. The Morgan fingerprint density at radius 3 is 2.83 bits per heavy atom. The number of nitrogen functional groups attached to an aromatic ring is 1. The molecule has 11 nitrogen and oxygen atoms in total. The molecule has 156 valence electrons. The van der Waals surface area contributed by atoms with E-state index < -0.39 is 35.5 Å². The normalized spacial score (nSPS) is 27.1. The van der Waals surface area contributed by atoms with Crippen molar-refractivity contribution >= 4 is 17.3 Å². The van der Waals surface area contributed by atoms with Gasteiger partial charge in [-0.1, -0.05) is 0 Å². The maximum Gasteiger partial charge on any atom is 0.332 e. The lowest BCUT2D eigenvalue weighted by Gasteiger charge is -2.24. The molecule has 2 aromatic rings. The second kappa shape index (κ2) is 7.57. The largest absolute Gasteiger partial charge is 0.461 e. The van der Waals surface area contributed by atoms with Crippen molar-refractivity contribution in [3.63, 3.8) is 0 Å². The maximum atomic E-state index is 11.9. The fourth-order valence-corrected chi connectivity index (χ4v) is 3.04. The van der Waals surface area contributed by atoms with Gasteiger partial charge in [-0.25, -0.2) is 14.3 Å². The average molecular weight is 405 g/mol. The zero-order valence-corrected chi connectivity index (χ0v) is 16.3. The molecule has 1 fully saturated rings. The molecule has 0 unspecified atom stereocenters. The number of anilines is 1. The summed E-state index contributed by atoms with van der Waals surface area (Å²) in [4.78, 5) is 15.7. The van der Waals surface area contributed by atoms with Crippen molar-refractivity contribution in [3.8, 4) is 6.07 Å². The zero-order chi connectivity index (χ0) is 21.4. The number of fused-ring (bicyclic) bond motifs is 1. The molecule has 0 amide bonds. The molecule has 0 aromatic carbocycles. The van der Waals surface area contributed by atoms with E-state index in [2.05, 4.69) is 10.1 Å². The second-order valence-electron chi connectivity index (χ2n) is 7.68. The molecule has 4 N–H and O–H groups in total. The lowest BCUT2D eigenvalue weighted by Crippen LogP contribution is -2.41. The Labute approximate surface area is 166 Å². The van der Waals surface area contributed by atoms with Gasteiger partial charge in [0.2, 0.25) is 5.60 Å². The molecular weight excluding hydrogens is 382 g/mol. The van der Waals surface area contributed by atoms with Gasteiger partial charge in [-0.05, 0) is 32.9 Å². The summed E-state index contributed by atoms with van der Waals surface area (Å²) in [6.07, 6.45) is -3.02. The molecule has 3 heterocycles. The highest BCUT2D eigenvalue weighted by molar-refractivity contribution is 5.70. The predicted molar refractivity (Wildman–Crippen MR) is 98.2 cm³/mol. The predicted octanol–water partition coefficient (Wildman–Crippen LogP) is -0.491. The quantitative estimate of drug-likeness (QED) is 0.552. The number of esters is 1. The van der Waals surface area contributed by atoms with Crippen LogP contribution in [0.5, 0.6) is 0 Å². The fraction of sp³-hybridized carbons (Fsp3) is 0.556. The van der Waals surface area contributed by atoms with Crippen LogP contribution in [0.25, 0.3) is 5.52 Å². The van der Waals surface area contributed by atoms with E-state index in [0.29, 0.717) is 5.52 Å². The van der Waals surface area contributed by atoms with Crippen LogP contribution in [0.4, 0.5) is 5.82 Å². The third kappa shape index (κ3) is 3.88. The van der Waals surface area contributed by atoms with E-state index in [1.165, 1.54) is 16.9 Å². The van der Waals surface area contributed by atoms with E-state index in [4.69, 9.17) is 19.9 Å². The van der Waals surface area contributed by atoms with Gasteiger partial charge in [-0.2, -0.15) is 10.4 Å². The van der Waals surface area contributed by atoms with Crippen molar-refractivity contribution in [1.82, 2.24) is 14.6 Å². The highest BCUT2D eigenvalue weighted by Gasteiger charge is 2.57. The van der Waals surface area contributed by atoms with Crippen molar-refractivity contribution in [3.05, 3.63) is 24.2 Å². The summed E-state index contributed by atoms with van der Waals surface area (Å²) in [7, 11) is 0. The number of nitrogens with two attached hydrogens (primary N) is 1. The van der Waals surface area contributed by atoms with Gasteiger partial charge < -0.3 is 30.2 Å². The van der Waals surface area contributed by atoms with Gasteiger partial charge in [0, 0.05) is 0 Å². The first-order chi connectivity index (χ1) is 13.6. The Morgan fingerprint density at radius 1 is 1.45 bits per heavy atom. The molecule has 1 saturated heterocycles. The van der Waals surface area contributed by atoms with Crippen molar-refractivity contribution in [2.24, 2.45) is 0 Å². The monoisotopic (exact) mass is 405 g/mol. The van der Waals surface area contributed by atoms with E-state index in [1.54, 1.807) is 26.8 Å². The SMILES string of the molecule is CC(C)(C)OCC(=O)OC[C@H]1O[C@@](C#N)(c2ccc3c(N)ncnn23)[C@H](O)[C@@H]1O. The van der Waals surface area contributed by atoms with Crippen LogP contribution in [0.3, 0.4) is 0 Å². The van der Waals surface area contributed by atoms with Crippen LogP contribution in [-0.2, 0) is 24.6 Å². The number of carbonyl (C=O) groups excluding carboxylic acids is 1. The Hall–Kier alpha value is -2.78. The van der Waals surface area contributed by atoms with E-state index in [9.17, 15) is 20.3 Å². The summed E-state index contributed by atoms with van der Waals surface area (Å²) in [5, 5.41) is 34.9. The van der Waals surface area contributed by atoms with Gasteiger partial charge in [-0.3, -0.25) is 0 Å². The van der Waals surface area contributed by atoms with Crippen LogP contribution in [-0.4, -0.2) is 67.9 Å². The van der Waals surface area contributed by atoms with Crippen LogP contribution in [0.15, 0.2) is 18.5 Å². The number of nitrogens with zero attached hydrogens (tertiary/aromatic N) is 4. The summed E-state index contributed by atoms with van der Waals surface area (Å²) in [5.74, 6) is -0.481. The number of aliphatic hydroxyl groups is 2. The third-order valence-corrected chi connectivity index (χ3v) is 4.52. The first-order valence-corrected chi connectivity index (χ1v) is 8.92. The maximum absolute atomic E-state index is 11.9. The lowest BCUT2D eigenvalue weighted by atomic mass is 9.92. The van der Waals surface area contributed by atoms with Crippen LogP contribution in [0, 0.1) is 11.3 Å². The number of nitriles is 1. The summed E-state index contributed by atoms with van der Waals surface area (Å²) in [6, 6.07) is 4.99. The van der Waals surface area contributed by atoms with Gasteiger partial charge in [0.05, 0.1) is 11.3 Å². The topological polar surface area (TPSA) is 165 Å². The van der Waals surface area contributed by atoms with E-state index in [1.807, 2.05) is 6.07 Å². The number of rotatable bonds is 5. The molecule has 0 saturated carbocycles. The molecule has 0 radical (unpaired) electrons. The molecular formula is C18H23N5O6. The number of ether oxygens (including phenoxy) is 3. The van der Waals surface area contributed by atoms with Crippen LogP contribution in [0.2, 0.25) is 0 Å². The van der Waals surface area contributed by atoms with Gasteiger partial charge in [0.15, 0.2) is 5.82 Å². The molecule has 11 heteroatoms. The molecule has 29 heavy (non-hydrogen) atoms. The number of carbonyl (C=O) groups is 1. The minimum absolute atomic E-state index is 0.167. The lowest BCUT2D eigenvalue weighted by molar-refractivity contribution is -0.160. The highest BCUT2D eigenvalue weighted by Crippen LogP contribution is 2.40. The average Bonchev–Trinajstić information content (AvgIpc) is 3.20. The Balaban J connectivity index is 1.79. The van der Waals surface area contributed by atoms with Crippen molar-refractivity contribution in [1.29, 1.82) is 5.26 Å². The molecule has 0 aliphatic carbocycles. The minimum Gasteiger partial charge on any atom is -0.461 e. The fourth-order valence-electron chi connectivity index (χ4n) is 3.04. The Morgan fingerprint density at radius 2 is 2.17 bits per heavy atom. The zero-order valence-electron chi connectivity index (χ0n) is 16.3. The van der Waals surface area contributed by atoms with E-state index >= 15 is 0 Å². The van der Waals surface area contributed by atoms with Gasteiger partial charge in [0.25, 0.3) is 0 Å². The number of hydrogen-bond acceptors (Lipinski definition) is 10. The molecule has 1 aliphatic rings. The van der Waals surface area contributed by atoms with E-state index in [-0.39, 0.29) is 24.7 Å². The molecule has 4 atom stereocenters. The summed E-state index contributed by atoms with van der Waals surface area (Å²) in [6.45, 7) is 4.73. The molecule has 0 spiro atoms. The molecule has 1 aliphatic heterocycles. The smallest absolute Gasteiger partial charge is 0.332 e. The van der Waals surface area contributed by atoms with Crippen molar-refractivity contribution < 1.29 is 29.2 Å². The Kier molecular flexibility index (Phi) is 5.46. The summed E-state index contributed by atoms with van der Waals surface area (Å²) >= 11 is 0. The standard InChI is InChI=1S/C18H23N5O6/c1-17(2,3)28-7-13(24)27-6-11-14(25)15(26)18(8-19,29-11)12-5-4-10-16(20)21-9-22-23(10)12/h4-5,9,11,14-15,25-26H,6-7H2,1-3H3,(H2,20,21,22)/t11-,14-,15-,18+/m1/s1. The second-order valence-corrected chi connectivity index (χ2v) is 7.68. The van der Waals surface area contributed by atoms with Crippen LogP contribution < -0.4 is 5.73 Å².